The van der Waals surface area contributed by atoms with Crippen LogP contribution in [0.3, 0.4) is 0 Å². The summed E-state index contributed by atoms with van der Waals surface area (Å²) in [6.07, 6.45) is 2.40. The molecular formula is C10H24N2O2S. The van der Waals surface area contributed by atoms with Crippen molar-refractivity contribution in [2.24, 2.45) is 0 Å². The maximum absolute atomic E-state index is 10.8. The third-order valence-corrected chi connectivity index (χ3v) is 3.58. The van der Waals surface area contributed by atoms with Crippen LogP contribution < -0.4 is 5.32 Å². The van der Waals surface area contributed by atoms with Gasteiger partial charge in [-0.25, -0.2) is 8.42 Å². The van der Waals surface area contributed by atoms with Crippen LogP contribution in [0.4, 0.5) is 0 Å². The van der Waals surface area contributed by atoms with Gasteiger partial charge in [0.15, 0.2) is 0 Å². The van der Waals surface area contributed by atoms with E-state index < -0.39 is 9.84 Å². The van der Waals surface area contributed by atoms with E-state index in [1.807, 2.05) is 0 Å². The maximum atomic E-state index is 10.8. The van der Waals surface area contributed by atoms with Crippen molar-refractivity contribution in [3.8, 4) is 0 Å². The van der Waals surface area contributed by atoms with Gasteiger partial charge >= 0.3 is 0 Å². The fourth-order valence-corrected chi connectivity index (χ4v) is 1.69. The minimum Gasteiger partial charge on any atom is -0.314 e. The lowest BCUT2D eigenvalue weighted by atomic mass is 10.2. The van der Waals surface area contributed by atoms with Crippen molar-refractivity contribution in [1.29, 1.82) is 0 Å². The number of nitrogens with one attached hydrogen (secondary N) is 1. The van der Waals surface area contributed by atoms with E-state index in [1.165, 1.54) is 6.26 Å². The van der Waals surface area contributed by atoms with Crippen LogP contribution in [-0.2, 0) is 9.84 Å². The van der Waals surface area contributed by atoms with Crippen molar-refractivity contribution in [2.45, 2.75) is 26.3 Å². The summed E-state index contributed by atoms with van der Waals surface area (Å²) in [4.78, 5) is 2.27. The van der Waals surface area contributed by atoms with Crippen LogP contribution in [0.2, 0.25) is 0 Å². The Balaban J connectivity index is 3.47. The summed E-state index contributed by atoms with van der Waals surface area (Å²) in [7, 11) is -0.732. The molecule has 0 spiro atoms. The molecular weight excluding hydrogens is 212 g/mol. The molecule has 0 rings (SSSR count). The van der Waals surface area contributed by atoms with Crippen molar-refractivity contribution in [2.75, 3.05) is 38.7 Å². The first-order valence-electron chi connectivity index (χ1n) is 5.45. The van der Waals surface area contributed by atoms with Crippen molar-refractivity contribution in [3.63, 3.8) is 0 Å². The van der Waals surface area contributed by atoms with Gasteiger partial charge < -0.3 is 10.2 Å². The minimum atomic E-state index is -2.82. The van der Waals surface area contributed by atoms with Gasteiger partial charge in [-0.3, -0.25) is 0 Å². The van der Waals surface area contributed by atoms with Crippen molar-refractivity contribution in [1.82, 2.24) is 10.2 Å². The molecule has 15 heavy (non-hydrogen) atoms. The normalized spacial score (nSPS) is 14.5. The van der Waals surface area contributed by atoms with Crippen LogP contribution in [0.5, 0.6) is 0 Å². The zero-order valence-electron chi connectivity index (χ0n) is 10.3. The van der Waals surface area contributed by atoms with Crippen molar-refractivity contribution >= 4 is 9.84 Å². The third-order valence-electron chi connectivity index (χ3n) is 2.63. The molecule has 0 amide bonds. The van der Waals surface area contributed by atoms with Gasteiger partial charge in [0.05, 0.1) is 5.75 Å². The van der Waals surface area contributed by atoms with Crippen LogP contribution >= 0.6 is 0 Å². The van der Waals surface area contributed by atoms with Gasteiger partial charge in [-0.05, 0) is 20.4 Å². The number of likely N-dealkylation sites (N-methyl/N-ethyl adjacent to an activating group) is 1. The monoisotopic (exact) mass is 236 g/mol. The highest BCUT2D eigenvalue weighted by atomic mass is 32.2. The standard InChI is InChI=1S/C10H24N2O2S/c1-5-10(2)12(3)8-6-11-7-9-15(4,13)14/h10-11H,5-9H2,1-4H3. The first kappa shape index (κ1) is 14.9. The molecule has 1 N–H and O–H groups in total. The first-order chi connectivity index (χ1) is 6.87. The first-order valence-corrected chi connectivity index (χ1v) is 7.51. The van der Waals surface area contributed by atoms with Gasteiger partial charge in [0.25, 0.3) is 0 Å². The van der Waals surface area contributed by atoms with Gasteiger partial charge in [0, 0.05) is 31.9 Å². The number of hydrogen-bond acceptors (Lipinski definition) is 4. The van der Waals surface area contributed by atoms with Crippen LogP contribution in [0.1, 0.15) is 20.3 Å². The minimum absolute atomic E-state index is 0.222. The Morgan fingerprint density at radius 2 is 1.93 bits per heavy atom. The molecule has 0 heterocycles. The fraction of sp³-hybridized carbons (Fsp3) is 1.00. The van der Waals surface area contributed by atoms with E-state index in [-0.39, 0.29) is 5.75 Å². The Bertz CT molecular complexity index is 252. The summed E-state index contributed by atoms with van der Waals surface area (Å²) in [5.74, 6) is 0.222. The molecule has 4 nitrogen and oxygen atoms in total. The Morgan fingerprint density at radius 1 is 1.33 bits per heavy atom. The van der Waals surface area contributed by atoms with E-state index in [4.69, 9.17) is 0 Å². The van der Waals surface area contributed by atoms with Gasteiger partial charge in [-0.15, -0.1) is 0 Å². The van der Waals surface area contributed by atoms with Crippen LogP contribution in [0.25, 0.3) is 0 Å². The second-order valence-corrected chi connectivity index (χ2v) is 6.38. The van der Waals surface area contributed by atoms with E-state index in [1.54, 1.807) is 0 Å². The Kier molecular flexibility index (Phi) is 7.13. The molecule has 0 saturated heterocycles. The molecule has 1 unspecified atom stereocenters. The zero-order chi connectivity index (χ0) is 11.9. The second-order valence-electron chi connectivity index (χ2n) is 4.12. The average molecular weight is 236 g/mol. The molecule has 1 atom stereocenters. The lowest BCUT2D eigenvalue weighted by molar-refractivity contribution is 0.252. The van der Waals surface area contributed by atoms with Crippen LogP contribution in [0.15, 0.2) is 0 Å². The number of nitrogens with zero attached hydrogens (tertiary/aromatic N) is 1. The highest BCUT2D eigenvalue weighted by molar-refractivity contribution is 7.90. The SMILES string of the molecule is CCC(C)N(C)CCNCCS(C)(=O)=O. The maximum Gasteiger partial charge on any atom is 0.148 e. The predicted octanol–water partition coefficient (Wildman–Crippen LogP) is 0.351. The molecule has 0 aliphatic carbocycles. The molecule has 0 aliphatic rings. The van der Waals surface area contributed by atoms with E-state index in [0.717, 1.165) is 19.5 Å². The average Bonchev–Trinajstić information content (AvgIpc) is 2.14. The molecule has 0 saturated carbocycles. The molecule has 92 valence electrons. The quantitative estimate of drug-likeness (QED) is 0.618. The van der Waals surface area contributed by atoms with E-state index in [0.29, 0.717) is 12.6 Å². The Morgan fingerprint density at radius 3 is 2.40 bits per heavy atom. The smallest absolute Gasteiger partial charge is 0.148 e. The van der Waals surface area contributed by atoms with Crippen LogP contribution in [-0.4, -0.2) is 58.1 Å². The van der Waals surface area contributed by atoms with E-state index in [9.17, 15) is 8.42 Å². The predicted molar refractivity (Wildman–Crippen MR) is 65.0 cm³/mol. The topological polar surface area (TPSA) is 49.4 Å². The highest BCUT2D eigenvalue weighted by Gasteiger charge is 2.05. The number of sulfone groups is 1. The Hall–Kier alpha value is -0.130. The molecule has 0 radical (unpaired) electrons. The van der Waals surface area contributed by atoms with Gasteiger partial charge in [0.1, 0.15) is 9.84 Å². The lowest BCUT2D eigenvalue weighted by Crippen LogP contribution is -2.36. The van der Waals surface area contributed by atoms with Gasteiger partial charge in [0.2, 0.25) is 0 Å². The van der Waals surface area contributed by atoms with Gasteiger partial charge in [-0.1, -0.05) is 6.92 Å². The van der Waals surface area contributed by atoms with Gasteiger partial charge in [-0.2, -0.15) is 0 Å². The summed E-state index contributed by atoms with van der Waals surface area (Å²) in [6.45, 7) is 6.71. The fourth-order valence-electron chi connectivity index (χ4n) is 1.17. The van der Waals surface area contributed by atoms with E-state index >= 15 is 0 Å². The summed E-state index contributed by atoms with van der Waals surface area (Å²) in [5, 5.41) is 3.13. The number of hydrogen-bond donors (Lipinski definition) is 1. The molecule has 0 aromatic heterocycles. The lowest BCUT2D eigenvalue weighted by Gasteiger charge is -2.23. The van der Waals surface area contributed by atoms with Crippen molar-refractivity contribution < 1.29 is 8.42 Å². The third kappa shape index (κ3) is 8.84. The molecule has 0 fully saturated rings. The zero-order valence-corrected chi connectivity index (χ0v) is 11.1. The summed E-state index contributed by atoms with van der Waals surface area (Å²) >= 11 is 0. The highest BCUT2D eigenvalue weighted by Crippen LogP contribution is 1.97. The van der Waals surface area contributed by atoms with Crippen molar-refractivity contribution in [3.05, 3.63) is 0 Å². The molecule has 5 heteroatoms. The summed E-state index contributed by atoms with van der Waals surface area (Å²) < 4.78 is 21.7. The molecule has 0 aromatic rings. The molecule has 0 bridgehead atoms. The molecule has 0 aromatic carbocycles. The largest absolute Gasteiger partial charge is 0.314 e. The summed E-state index contributed by atoms with van der Waals surface area (Å²) in [5.41, 5.74) is 0. The van der Waals surface area contributed by atoms with E-state index in [2.05, 4.69) is 31.1 Å². The Labute approximate surface area is 94.0 Å². The molecule has 0 aliphatic heterocycles. The summed E-state index contributed by atoms with van der Waals surface area (Å²) in [6, 6.07) is 0.585. The number of rotatable bonds is 8. The van der Waals surface area contributed by atoms with Crippen LogP contribution in [0, 0.1) is 0 Å². The second kappa shape index (κ2) is 7.19.